The van der Waals surface area contributed by atoms with E-state index in [1.807, 2.05) is 24.3 Å². The number of nitrogens with one attached hydrogen (secondary N) is 2. The van der Waals surface area contributed by atoms with Gasteiger partial charge in [-0.05, 0) is 25.0 Å². The Morgan fingerprint density at radius 3 is 2.82 bits per heavy atom. The Hall–Kier alpha value is -2.24. The van der Waals surface area contributed by atoms with E-state index in [0.29, 0.717) is 13.2 Å². The summed E-state index contributed by atoms with van der Waals surface area (Å²) >= 11 is 0. The number of benzene rings is 1. The van der Waals surface area contributed by atoms with Crippen LogP contribution in [-0.4, -0.2) is 50.1 Å². The molecule has 0 atom stereocenters. The standard InChI is InChI=1S/C16H24N4O2/c1-13(21)19-14-6-5-7-15(12-14)22-11-8-18-16(17-2)20-9-3-4-10-20/h5-7,12H,3-4,8-11H2,1-2H3,(H,17,18)(H,19,21). The Balaban J connectivity index is 1.75. The molecule has 1 aliphatic rings. The van der Waals surface area contributed by atoms with Crippen molar-refractivity contribution in [2.45, 2.75) is 19.8 Å². The zero-order valence-corrected chi connectivity index (χ0v) is 13.3. The summed E-state index contributed by atoms with van der Waals surface area (Å²) in [7, 11) is 1.80. The zero-order valence-electron chi connectivity index (χ0n) is 13.3. The van der Waals surface area contributed by atoms with Gasteiger partial charge in [-0.2, -0.15) is 0 Å². The Morgan fingerprint density at radius 2 is 2.14 bits per heavy atom. The fourth-order valence-corrected chi connectivity index (χ4v) is 2.46. The van der Waals surface area contributed by atoms with Crippen molar-refractivity contribution >= 4 is 17.6 Å². The fourth-order valence-electron chi connectivity index (χ4n) is 2.46. The van der Waals surface area contributed by atoms with E-state index in [1.165, 1.54) is 19.8 Å². The minimum atomic E-state index is -0.0896. The average molecular weight is 304 g/mol. The molecule has 0 unspecified atom stereocenters. The van der Waals surface area contributed by atoms with Gasteiger partial charge < -0.3 is 20.3 Å². The molecule has 6 heteroatoms. The molecule has 120 valence electrons. The highest BCUT2D eigenvalue weighted by molar-refractivity contribution is 5.88. The van der Waals surface area contributed by atoms with Crippen molar-refractivity contribution in [1.82, 2.24) is 10.2 Å². The van der Waals surface area contributed by atoms with Crippen LogP contribution in [0.15, 0.2) is 29.3 Å². The quantitative estimate of drug-likeness (QED) is 0.493. The third kappa shape index (κ3) is 4.95. The van der Waals surface area contributed by atoms with Crippen LogP contribution in [0.5, 0.6) is 5.75 Å². The summed E-state index contributed by atoms with van der Waals surface area (Å²) in [5.74, 6) is 1.59. The number of carbonyl (C=O) groups is 1. The number of anilines is 1. The number of guanidine groups is 1. The molecule has 1 heterocycles. The highest BCUT2D eigenvalue weighted by Gasteiger charge is 2.14. The lowest BCUT2D eigenvalue weighted by Crippen LogP contribution is -2.41. The molecule has 1 fully saturated rings. The van der Waals surface area contributed by atoms with Crippen molar-refractivity contribution < 1.29 is 9.53 Å². The maximum absolute atomic E-state index is 11.0. The third-order valence-electron chi connectivity index (χ3n) is 3.43. The molecule has 1 aromatic rings. The number of nitrogens with zero attached hydrogens (tertiary/aromatic N) is 2. The molecule has 1 amide bonds. The summed E-state index contributed by atoms with van der Waals surface area (Å²) in [6, 6.07) is 7.39. The number of carbonyl (C=O) groups excluding carboxylic acids is 1. The Kier molecular flexibility index (Phi) is 6.06. The first-order valence-corrected chi connectivity index (χ1v) is 7.65. The minimum Gasteiger partial charge on any atom is -0.492 e. The number of aliphatic imine (C=N–C) groups is 1. The molecular weight excluding hydrogens is 280 g/mol. The van der Waals surface area contributed by atoms with E-state index in [1.54, 1.807) is 7.05 Å². The third-order valence-corrected chi connectivity index (χ3v) is 3.43. The van der Waals surface area contributed by atoms with Crippen molar-refractivity contribution in [2.24, 2.45) is 4.99 Å². The van der Waals surface area contributed by atoms with Gasteiger partial charge in [0.2, 0.25) is 5.91 Å². The molecule has 6 nitrogen and oxygen atoms in total. The Bertz CT molecular complexity index is 525. The van der Waals surface area contributed by atoms with Crippen LogP contribution in [0.4, 0.5) is 5.69 Å². The Labute approximate surface area is 131 Å². The molecule has 2 rings (SSSR count). The topological polar surface area (TPSA) is 66.0 Å². The van der Waals surface area contributed by atoms with Crippen molar-refractivity contribution in [1.29, 1.82) is 0 Å². The molecule has 0 spiro atoms. The van der Waals surface area contributed by atoms with E-state index in [-0.39, 0.29) is 5.91 Å². The van der Waals surface area contributed by atoms with Crippen LogP contribution in [0.3, 0.4) is 0 Å². The molecule has 2 N–H and O–H groups in total. The SMILES string of the molecule is CN=C(NCCOc1cccc(NC(C)=O)c1)N1CCCC1. The van der Waals surface area contributed by atoms with Crippen molar-refractivity contribution in [3.63, 3.8) is 0 Å². The number of hydrogen-bond donors (Lipinski definition) is 2. The average Bonchev–Trinajstić information content (AvgIpc) is 3.01. The van der Waals surface area contributed by atoms with E-state index >= 15 is 0 Å². The van der Waals surface area contributed by atoms with Gasteiger partial charge in [-0.3, -0.25) is 9.79 Å². The summed E-state index contributed by atoms with van der Waals surface area (Å²) in [5, 5.41) is 6.05. The van der Waals surface area contributed by atoms with Crippen LogP contribution >= 0.6 is 0 Å². The summed E-state index contributed by atoms with van der Waals surface area (Å²) in [5.41, 5.74) is 0.742. The first-order chi connectivity index (χ1) is 10.7. The lowest BCUT2D eigenvalue weighted by molar-refractivity contribution is -0.114. The van der Waals surface area contributed by atoms with Crippen molar-refractivity contribution in [3.05, 3.63) is 24.3 Å². The molecule has 0 aromatic heterocycles. The van der Waals surface area contributed by atoms with Crippen LogP contribution in [0.1, 0.15) is 19.8 Å². The maximum Gasteiger partial charge on any atom is 0.221 e. The monoisotopic (exact) mass is 304 g/mol. The highest BCUT2D eigenvalue weighted by atomic mass is 16.5. The molecule has 1 saturated heterocycles. The number of hydrogen-bond acceptors (Lipinski definition) is 3. The Morgan fingerprint density at radius 1 is 1.36 bits per heavy atom. The molecule has 0 bridgehead atoms. The van der Waals surface area contributed by atoms with E-state index in [9.17, 15) is 4.79 Å². The molecule has 1 aliphatic heterocycles. The normalized spacial score (nSPS) is 14.8. The highest BCUT2D eigenvalue weighted by Crippen LogP contribution is 2.17. The minimum absolute atomic E-state index is 0.0896. The second-order valence-electron chi connectivity index (χ2n) is 5.23. The predicted molar refractivity (Wildman–Crippen MR) is 88.4 cm³/mol. The number of rotatable bonds is 5. The van der Waals surface area contributed by atoms with Gasteiger partial charge >= 0.3 is 0 Å². The van der Waals surface area contributed by atoms with E-state index in [4.69, 9.17) is 4.74 Å². The van der Waals surface area contributed by atoms with Crippen LogP contribution in [-0.2, 0) is 4.79 Å². The van der Waals surface area contributed by atoms with Crippen LogP contribution < -0.4 is 15.4 Å². The van der Waals surface area contributed by atoms with Crippen LogP contribution in [0.25, 0.3) is 0 Å². The molecular formula is C16H24N4O2. The lowest BCUT2D eigenvalue weighted by atomic mass is 10.3. The van der Waals surface area contributed by atoms with Crippen molar-refractivity contribution in [3.8, 4) is 5.75 Å². The molecule has 22 heavy (non-hydrogen) atoms. The van der Waals surface area contributed by atoms with Gasteiger partial charge in [0.05, 0.1) is 6.54 Å². The molecule has 1 aromatic carbocycles. The number of likely N-dealkylation sites (tertiary alicyclic amines) is 1. The fraction of sp³-hybridized carbons (Fsp3) is 0.500. The summed E-state index contributed by atoms with van der Waals surface area (Å²) in [4.78, 5) is 17.6. The van der Waals surface area contributed by atoms with Gasteiger partial charge in [-0.1, -0.05) is 6.07 Å². The first-order valence-electron chi connectivity index (χ1n) is 7.65. The van der Waals surface area contributed by atoms with Gasteiger partial charge in [0.25, 0.3) is 0 Å². The second-order valence-corrected chi connectivity index (χ2v) is 5.23. The van der Waals surface area contributed by atoms with Crippen molar-refractivity contribution in [2.75, 3.05) is 38.6 Å². The number of ether oxygens (including phenoxy) is 1. The van der Waals surface area contributed by atoms with E-state index in [2.05, 4.69) is 20.5 Å². The number of amides is 1. The summed E-state index contributed by atoms with van der Waals surface area (Å²) in [6.07, 6.45) is 2.46. The van der Waals surface area contributed by atoms with E-state index < -0.39 is 0 Å². The second kappa shape index (κ2) is 8.26. The van der Waals surface area contributed by atoms with Crippen LogP contribution in [0.2, 0.25) is 0 Å². The largest absolute Gasteiger partial charge is 0.492 e. The first kappa shape index (κ1) is 16.1. The summed E-state index contributed by atoms with van der Waals surface area (Å²) < 4.78 is 5.70. The van der Waals surface area contributed by atoms with Gasteiger partial charge in [0.15, 0.2) is 5.96 Å². The maximum atomic E-state index is 11.0. The molecule has 0 aliphatic carbocycles. The smallest absolute Gasteiger partial charge is 0.221 e. The van der Waals surface area contributed by atoms with Gasteiger partial charge in [-0.15, -0.1) is 0 Å². The zero-order chi connectivity index (χ0) is 15.8. The van der Waals surface area contributed by atoms with Gasteiger partial charge in [-0.25, -0.2) is 0 Å². The lowest BCUT2D eigenvalue weighted by Gasteiger charge is -2.20. The predicted octanol–water partition coefficient (Wildman–Crippen LogP) is 1.69. The summed E-state index contributed by atoms with van der Waals surface area (Å²) in [6.45, 7) is 4.85. The molecule has 0 radical (unpaired) electrons. The molecule has 0 saturated carbocycles. The van der Waals surface area contributed by atoms with E-state index in [0.717, 1.165) is 30.5 Å². The van der Waals surface area contributed by atoms with Gasteiger partial charge in [0.1, 0.15) is 12.4 Å². The van der Waals surface area contributed by atoms with Crippen LogP contribution in [0, 0.1) is 0 Å². The van der Waals surface area contributed by atoms with Gasteiger partial charge in [0, 0.05) is 38.8 Å².